The van der Waals surface area contributed by atoms with Crippen molar-refractivity contribution in [3.8, 4) is 0 Å². The summed E-state index contributed by atoms with van der Waals surface area (Å²) in [5.41, 5.74) is 3.07. The fourth-order valence-corrected chi connectivity index (χ4v) is 4.65. The van der Waals surface area contributed by atoms with Gasteiger partial charge in [0.2, 0.25) is 5.91 Å². The van der Waals surface area contributed by atoms with E-state index in [1.807, 2.05) is 12.1 Å². The summed E-state index contributed by atoms with van der Waals surface area (Å²) in [5.74, 6) is 0.301. The Hall–Kier alpha value is -1.69. The first-order valence-corrected chi connectivity index (χ1v) is 11.3. The Balaban J connectivity index is 1.33. The van der Waals surface area contributed by atoms with Gasteiger partial charge in [-0.3, -0.25) is 14.6 Å². The number of aryl methyl sites for hydroxylation is 1. The summed E-state index contributed by atoms with van der Waals surface area (Å²) >= 11 is 6.64. The van der Waals surface area contributed by atoms with Crippen LogP contribution in [0.2, 0.25) is 5.02 Å². The average Bonchev–Trinajstić information content (AvgIpc) is 3.03. The number of carbonyl (C=O) groups excluding carboxylic acids is 1. The first-order chi connectivity index (χ1) is 14.1. The number of rotatable bonds is 4. The standard InChI is InChI=1S/C23H31ClN4O/c1-18-19-8-4-5-9-20(19)25-21(23(18)24)16-26-12-14-27(15-13-26)17-22(29)28-10-6-2-3-7-11-28/h4-5,8-9H,2-3,6-7,10-17H2,1H3. The van der Waals surface area contributed by atoms with Crippen LogP contribution in [0.3, 0.4) is 0 Å². The van der Waals surface area contributed by atoms with Crippen molar-refractivity contribution in [2.24, 2.45) is 0 Å². The number of likely N-dealkylation sites (tertiary alicyclic amines) is 1. The summed E-state index contributed by atoms with van der Waals surface area (Å²) in [6, 6.07) is 8.17. The second kappa shape index (κ2) is 9.41. The van der Waals surface area contributed by atoms with Gasteiger partial charge in [-0.05, 0) is 31.4 Å². The molecular formula is C23H31ClN4O. The Morgan fingerprint density at radius 2 is 1.62 bits per heavy atom. The molecule has 0 unspecified atom stereocenters. The molecule has 0 N–H and O–H groups in total. The zero-order chi connectivity index (χ0) is 20.2. The predicted molar refractivity (Wildman–Crippen MR) is 118 cm³/mol. The molecule has 0 radical (unpaired) electrons. The number of hydrogen-bond acceptors (Lipinski definition) is 4. The monoisotopic (exact) mass is 414 g/mol. The van der Waals surface area contributed by atoms with Crippen LogP contribution in [0, 0.1) is 6.92 Å². The van der Waals surface area contributed by atoms with E-state index in [0.717, 1.165) is 85.8 Å². The van der Waals surface area contributed by atoms with Gasteiger partial charge in [0, 0.05) is 51.2 Å². The lowest BCUT2D eigenvalue weighted by Gasteiger charge is -2.35. The minimum Gasteiger partial charge on any atom is -0.342 e. The van der Waals surface area contributed by atoms with Gasteiger partial charge < -0.3 is 4.90 Å². The minimum atomic E-state index is 0.301. The maximum Gasteiger partial charge on any atom is 0.236 e. The molecule has 1 amide bonds. The molecule has 0 bridgehead atoms. The Bertz CT molecular complexity index is 855. The molecule has 2 aliphatic rings. The summed E-state index contributed by atoms with van der Waals surface area (Å²) in [6.45, 7) is 8.99. The maximum atomic E-state index is 12.6. The van der Waals surface area contributed by atoms with Crippen LogP contribution in [-0.4, -0.2) is 71.4 Å². The first kappa shape index (κ1) is 20.6. The highest BCUT2D eigenvalue weighted by molar-refractivity contribution is 6.32. The molecule has 3 heterocycles. The molecule has 2 aliphatic heterocycles. The van der Waals surface area contributed by atoms with Gasteiger partial charge in [-0.2, -0.15) is 0 Å². The molecule has 0 aliphatic carbocycles. The lowest BCUT2D eigenvalue weighted by atomic mass is 10.1. The van der Waals surface area contributed by atoms with Gasteiger partial charge in [-0.25, -0.2) is 4.98 Å². The quantitative estimate of drug-likeness (QED) is 0.764. The molecule has 6 heteroatoms. The van der Waals surface area contributed by atoms with Gasteiger partial charge in [-0.1, -0.05) is 42.6 Å². The van der Waals surface area contributed by atoms with Crippen molar-refractivity contribution in [3.05, 3.63) is 40.5 Å². The molecule has 1 aromatic heterocycles. The van der Waals surface area contributed by atoms with E-state index in [4.69, 9.17) is 16.6 Å². The van der Waals surface area contributed by atoms with Gasteiger partial charge in [0.1, 0.15) is 0 Å². The van der Waals surface area contributed by atoms with Crippen LogP contribution in [0.4, 0.5) is 0 Å². The smallest absolute Gasteiger partial charge is 0.236 e. The van der Waals surface area contributed by atoms with Gasteiger partial charge >= 0.3 is 0 Å². The Labute approximate surface area is 178 Å². The number of halogens is 1. The van der Waals surface area contributed by atoms with E-state index in [1.165, 1.54) is 12.8 Å². The van der Waals surface area contributed by atoms with E-state index in [1.54, 1.807) is 0 Å². The third-order valence-electron chi connectivity index (χ3n) is 6.30. The number of piperazine rings is 1. The van der Waals surface area contributed by atoms with Crippen molar-refractivity contribution in [1.82, 2.24) is 19.7 Å². The lowest BCUT2D eigenvalue weighted by molar-refractivity contribution is -0.132. The number of carbonyl (C=O) groups is 1. The normalized spacial score (nSPS) is 19.4. The van der Waals surface area contributed by atoms with Crippen LogP contribution >= 0.6 is 11.6 Å². The number of fused-ring (bicyclic) bond motifs is 1. The fourth-order valence-electron chi connectivity index (χ4n) is 4.45. The van der Waals surface area contributed by atoms with E-state index in [0.29, 0.717) is 12.5 Å². The number of amides is 1. The summed E-state index contributed by atoms with van der Waals surface area (Å²) in [7, 11) is 0. The third-order valence-corrected chi connectivity index (χ3v) is 6.80. The van der Waals surface area contributed by atoms with Crippen LogP contribution in [0.25, 0.3) is 10.9 Å². The largest absolute Gasteiger partial charge is 0.342 e. The number of aromatic nitrogens is 1. The van der Waals surface area contributed by atoms with Crippen LogP contribution in [0.1, 0.15) is 36.9 Å². The number of benzene rings is 1. The van der Waals surface area contributed by atoms with Crippen molar-refractivity contribution in [2.75, 3.05) is 45.8 Å². The fraction of sp³-hybridized carbons (Fsp3) is 0.565. The molecular weight excluding hydrogens is 384 g/mol. The van der Waals surface area contributed by atoms with E-state index in [-0.39, 0.29) is 0 Å². The van der Waals surface area contributed by atoms with Crippen LogP contribution in [-0.2, 0) is 11.3 Å². The molecule has 4 rings (SSSR count). The lowest BCUT2D eigenvalue weighted by Crippen LogP contribution is -2.50. The first-order valence-electron chi connectivity index (χ1n) is 10.9. The van der Waals surface area contributed by atoms with E-state index >= 15 is 0 Å². The molecule has 2 saturated heterocycles. The zero-order valence-corrected chi connectivity index (χ0v) is 18.1. The van der Waals surface area contributed by atoms with E-state index in [9.17, 15) is 4.79 Å². The molecule has 5 nitrogen and oxygen atoms in total. The summed E-state index contributed by atoms with van der Waals surface area (Å²) in [4.78, 5) is 24.2. The number of para-hydroxylation sites is 1. The van der Waals surface area contributed by atoms with Crippen LogP contribution < -0.4 is 0 Å². The number of pyridine rings is 1. The highest BCUT2D eigenvalue weighted by Crippen LogP contribution is 2.27. The van der Waals surface area contributed by atoms with Crippen molar-refractivity contribution in [1.29, 1.82) is 0 Å². The average molecular weight is 415 g/mol. The SMILES string of the molecule is Cc1c(Cl)c(CN2CCN(CC(=O)N3CCCCCC3)CC2)nc2ccccc12. The highest BCUT2D eigenvalue weighted by Gasteiger charge is 2.23. The molecule has 29 heavy (non-hydrogen) atoms. The maximum absolute atomic E-state index is 12.6. The molecule has 2 aromatic rings. The Morgan fingerprint density at radius 3 is 2.34 bits per heavy atom. The summed E-state index contributed by atoms with van der Waals surface area (Å²) in [6.07, 6.45) is 4.82. The Kier molecular flexibility index (Phi) is 6.68. The van der Waals surface area contributed by atoms with Crippen molar-refractivity contribution >= 4 is 28.4 Å². The molecule has 0 atom stereocenters. The summed E-state index contributed by atoms with van der Waals surface area (Å²) < 4.78 is 0. The van der Waals surface area contributed by atoms with Gasteiger partial charge in [0.05, 0.1) is 22.8 Å². The van der Waals surface area contributed by atoms with E-state index < -0.39 is 0 Å². The van der Waals surface area contributed by atoms with Gasteiger partial charge in [0.25, 0.3) is 0 Å². The predicted octanol–water partition coefficient (Wildman–Crippen LogP) is 3.72. The third kappa shape index (κ3) is 4.90. The molecule has 0 spiro atoms. The number of nitrogens with zero attached hydrogens (tertiary/aromatic N) is 4. The van der Waals surface area contributed by atoms with Crippen LogP contribution in [0.5, 0.6) is 0 Å². The van der Waals surface area contributed by atoms with Gasteiger partial charge in [0.15, 0.2) is 0 Å². The van der Waals surface area contributed by atoms with Gasteiger partial charge in [-0.15, -0.1) is 0 Å². The van der Waals surface area contributed by atoms with Crippen molar-refractivity contribution < 1.29 is 4.79 Å². The zero-order valence-electron chi connectivity index (χ0n) is 17.4. The minimum absolute atomic E-state index is 0.301. The molecule has 2 fully saturated rings. The molecule has 0 saturated carbocycles. The molecule has 156 valence electrons. The molecule has 1 aromatic carbocycles. The topological polar surface area (TPSA) is 39.7 Å². The second-order valence-electron chi connectivity index (χ2n) is 8.36. The highest BCUT2D eigenvalue weighted by atomic mass is 35.5. The van der Waals surface area contributed by atoms with E-state index in [2.05, 4.69) is 33.8 Å². The number of hydrogen-bond donors (Lipinski definition) is 0. The Morgan fingerprint density at radius 1 is 0.966 bits per heavy atom. The van der Waals surface area contributed by atoms with Crippen LogP contribution in [0.15, 0.2) is 24.3 Å². The van der Waals surface area contributed by atoms with Crippen molar-refractivity contribution in [3.63, 3.8) is 0 Å². The second-order valence-corrected chi connectivity index (χ2v) is 8.74. The summed E-state index contributed by atoms with van der Waals surface area (Å²) in [5, 5.41) is 1.90. The van der Waals surface area contributed by atoms with Crippen molar-refractivity contribution in [2.45, 2.75) is 39.2 Å².